The van der Waals surface area contributed by atoms with Crippen molar-refractivity contribution in [1.29, 1.82) is 0 Å². The minimum atomic E-state index is -0.219. The van der Waals surface area contributed by atoms with Gasteiger partial charge in [0, 0.05) is 13.7 Å². The van der Waals surface area contributed by atoms with Crippen LogP contribution in [0.15, 0.2) is 30.3 Å². The molecule has 0 radical (unpaired) electrons. The molecule has 2 atom stereocenters. The van der Waals surface area contributed by atoms with Gasteiger partial charge in [-0.25, -0.2) is 0 Å². The van der Waals surface area contributed by atoms with Gasteiger partial charge in [-0.15, -0.1) is 0 Å². The molecule has 0 bridgehead atoms. The minimum Gasteiger partial charge on any atom is -0.380 e. The van der Waals surface area contributed by atoms with Gasteiger partial charge in [-0.05, 0) is 11.5 Å². The highest BCUT2D eigenvalue weighted by atomic mass is 16.5. The number of amides is 1. The summed E-state index contributed by atoms with van der Waals surface area (Å²) in [5.74, 6) is 0.420. The fraction of sp³-hybridized carbons (Fsp3) is 0.588. The van der Waals surface area contributed by atoms with Crippen molar-refractivity contribution >= 4 is 5.91 Å². The van der Waals surface area contributed by atoms with Crippen LogP contribution in [0.5, 0.6) is 0 Å². The van der Waals surface area contributed by atoms with Crippen LogP contribution in [0.4, 0.5) is 0 Å². The maximum absolute atomic E-state index is 12.2. The van der Waals surface area contributed by atoms with Crippen molar-refractivity contribution in [2.75, 3.05) is 13.7 Å². The molecule has 2 unspecified atom stereocenters. The molecule has 118 valence electrons. The topological polar surface area (TPSA) is 64.4 Å². The summed E-state index contributed by atoms with van der Waals surface area (Å²) in [5, 5.41) is 3.16. The second kappa shape index (κ2) is 9.53. The summed E-state index contributed by atoms with van der Waals surface area (Å²) in [6, 6.07) is 10.2. The van der Waals surface area contributed by atoms with Crippen LogP contribution in [0, 0.1) is 5.92 Å². The van der Waals surface area contributed by atoms with Crippen molar-refractivity contribution < 1.29 is 9.53 Å². The zero-order valence-electron chi connectivity index (χ0n) is 13.3. The van der Waals surface area contributed by atoms with Crippen molar-refractivity contribution in [3.63, 3.8) is 0 Å². The lowest BCUT2D eigenvalue weighted by Gasteiger charge is -2.27. The number of nitrogens with one attached hydrogen (secondary N) is 1. The molecule has 0 aliphatic heterocycles. The molecular formula is C17H28N2O2. The maximum atomic E-state index is 12.2. The number of carbonyl (C=O) groups excluding carboxylic acids is 1. The molecule has 0 aromatic heterocycles. The van der Waals surface area contributed by atoms with Crippen LogP contribution in [0.3, 0.4) is 0 Å². The smallest absolute Gasteiger partial charge is 0.223 e. The molecule has 1 rings (SSSR count). The molecule has 1 amide bonds. The van der Waals surface area contributed by atoms with E-state index < -0.39 is 0 Å². The summed E-state index contributed by atoms with van der Waals surface area (Å²) < 4.78 is 5.18. The standard InChI is InChI=1S/C17H28N2O2/c1-4-13(5-2)17(14-9-7-6-8-10-14)19-16(20)11-15(12-18)21-3/h6-10,13,15,17H,4-5,11-12,18H2,1-3H3,(H,19,20). The lowest BCUT2D eigenvalue weighted by atomic mass is 9.88. The van der Waals surface area contributed by atoms with Crippen LogP contribution in [0.1, 0.15) is 44.7 Å². The first-order chi connectivity index (χ1) is 10.2. The fourth-order valence-electron chi connectivity index (χ4n) is 2.60. The van der Waals surface area contributed by atoms with E-state index in [-0.39, 0.29) is 18.1 Å². The zero-order valence-corrected chi connectivity index (χ0v) is 13.3. The predicted octanol–water partition coefficient (Wildman–Crippen LogP) is 2.64. The van der Waals surface area contributed by atoms with Gasteiger partial charge < -0.3 is 15.8 Å². The molecule has 0 heterocycles. The van der Waals surface area contributed by atoms with E-state index in [1.807, 2.05) is 18.2 Å². The third kappa shape index (κ3) is 5.48. The second-order valence-corrected chi connectivity index (χ2v) is 5.33. The Kier molecular flexibility index (Phi) is 8.01. The molecule has 4 nitrogen and oxygen atoms in total. The number of carbonyl (C=O) groups is 1. The number of hydrogen-bond acceptors (Lipinski definition) is 3. The Bertz CT molecular complexity index is 401. The fourth-order valence-corrected chi connectivity index (χ4v) is 2.60. The summed E-state index contributed by atoms with van der Waals surface area (Å²) in [6.07, 6.45) is 2.14. The largest absolute Gasteiger partial charge is 0.380 e. The highest BCUT2D eigenvalue weighted by Gasteiger charge is 2.23. The molecule has 1 aromatic rings. The quantitative estimate of drug-likeness (QED) is 0.735. The Balaban J connectivity index is 2.81. The van der Waals surface area contributed by atoms with Crippen molar-refractivity contribution in [1.82, 2.24) is 5.32 Å². The van der Waals surface area contributed by atoms with Gasteiger partial charge in [0.2, 0.25) is 5.91 Å². The number of rotatable bonds is 9. The van der Waals surface area contributed by atoms with Crippen molar-refractivity contribution in [2.45, 2.75) is 45.3 Å². The number of methoxy groups -OCH3 is 1. The summed E-state index contributed by atoms with van der Waals surface area (Å²) >= 11 is 0. The van der Waals surface area contributed by atoms with Gasteiger partial charge in [0.05, 0.1) is 18.6 Å². The third-order valence-electron chi connectivity index (χ3n) is 4.00. The van der Waals surface area contributed by atoms with Crippen LogP contribution in [-0.4, -0.2) is 25.7 Å². The van der Waals surface area contributed by atoms with Crippen molar-refractivity contribution in [3.05, 3.63) is 35.9 Å². The van der Waals surface area contributed by atoms with Gasteiger partial charge in [0.1, 0.15) is 0 Å². The van der Waals surface area contributed by atoms with Gasteiger partial charge in [-0.2, -0.15) is 0 Å². The predicted molar refractivity (Wildman–Crippen MR) is 85.9 cm³/mol. The highest BCUT2D eigenvalue weighted by Crippen LogP contribution is 2.27. The van der Waals surface area contributed by atoms with E-state index in [4.69, 9.17) is 10.5 Å². The van der Waals surface area contributed by atoms with Gasteiger partial charge >= 0.3 is 0 Å². The lowest BCUT2D eigenvalue weighted by molar-refractivity contribution is -0.124. The Hall–Kier alpha value is -1.39. The SMILES string of the molecule is CCC(CC)C(NC(=O)CC(CN)OC)c1ccccc1. The first-order valence-electron chi connectivity index (χ1n) is 7.73. The van der Waals surface area contributed by atoms with Gasteiger partial charge in [-0.3, -0.25) is 4.79 Å². The summed E-state index contributed by atoms with van der Waals surface area (Å²) in [5.41, 5.74) is 6.73. The van der Waals surface area contributed by atoms with E-state index in [2.05, 4.69) is 31.3 Å². The third-order valence-corrected chi connectivity index (χ3v) is 4.00. The van der Waals surface area contributed by atoms with E-state index in [1.54, 1.807) is 7.11 Å². The Morgan fingerprint density at radius 1 is 1.24 bits per heavy atom. The first kappa shape index (κ1) is 17.7. The van der Waals surface area contributed by atoms with Gasteiger partial charge in [0.25, 0.3) is 0 Å². The average molecular weight is 292 g/mol. The van der Waals surface area contributed by atoms with Crippen LogP contribution in [0.25, 0.3) is 0 Å². The molecule has 0 saturated carbocycles. The van der Waals surface area contributed by atoms with Crippen LogP contribution in [0.2, 0.25) is 0 Å². The minimum absolute atomic E-state index is 0.00643. The zero-order chi connectivity index (χ0) is 15.7. The van der Waals surface area contributed by atoms with Crippen molar-refractivity contribution in [2.24, 2.45) is 11.7 Å². The Morgan fingerprint density at radius 2 is 1.86 bits per heavy atom. The molecule has 21 heavy (non-hydrogen) atoms. The molecule has 0 spiro atoms. The lowest BCUT2D eigenvalue weighted by Crippen LogP contribution is -2.37. The van der Waals surface area contributed by atoms with E-state index in [1.165, 1.54) is 0 Å². The molecule has 4 heteroatoms. The monoisotopic (exact) mass is 292 g/mol. The number of nitrogens with two attached hydrogens (primary N) is 1. The Morgan fingerprint density at radius 3 is 2.33 bits per heavy atom. The summed E-state index contributed by atoms with van der Waals surface area (Å²) in [4.78, 5) is 12.2. The molecule has 0 aliphatic rings. The van der Waals surface area contributed by atoms with Crippen LogP contribution < -0.4 is 11.1 Å². The summed E-state index contributed by atoms with van der Waals surface area (Å²) in [7, 11) is 1.58. The number of benzene rings is 1. The molecule has 0 saturated heterocycles. The van der Waals surface area contributed by atoms with Crippen LogP contribution in [-0.2, 0) is 9.53 Å². The normalized spacial score (nSPS) is 14.0. The molecule has 0 fully saturated rings. The van der Waals surface area contributed by atoms with E-state index in [9.17, 15) is 4.79 Å². The van der Waals surface area contributed by atoms with Crippen molar-refractivity contribution in [3.8, 4) is 0 Å². The maximum Gasteiger partial charge on any atom is 0.223 e. The molecular weight excluding hydrogens is 264 g/mol. The molecule has 1 aromatic carbocycles. The molecule has 0 aliphatic carbocycles. The number of hydrogen-bond donors (Lipinski definition) is 2. The first-order valence-corrected chi connectivity index (χ1v) is 7.73. The average Bonchev–Trinajstić information content (AvgIpc) is 2.53. The van der Waals surface area contributed by atoms with Gasteiger partial charge in [-0.1, -0.05) is 57.0 Å². The molecule has 3 N–H and O–H groups in total. The number of ether oxygens (including phenoxy) is 1. The van der Waals surface area contributed by atoms with E-state index in [0.29, 0.717) is 18.9 Å². The van der Waals surface area contributed by atoms with Crippen LogP contribution >= 0.6 is 0 Å². The highest BCUT2D eigenvalue weighted by molar-refractivity contribution is 5.77. The van der Waals surface area contributed by atoms with E-state index in [0.717, 1.165) is 18.4 Å². The van der Waals surface area contributed by atoms with E-state index >= 15 is 0 Å². The second-order valence-electron chi connectivity index (χ2n) is 5.33. The van der Waals surface area contributed by atoms with Gasteiger partial charge in [0.15, 0.2) is 0 Å². The summed E-state index contributed by atoms with van der Waals surface area (Å²) in [6.45, 7) is 4.67. The Labute approximate surface area is 128 Å².